The summed E-state index contributed by atoms with van der Waals surface area (Å²) in [7, 11) is 2.67. The Hall–Kier alpha value is 0.490. The van der Waals surface area contributed by atoms with Gasteiger partial charge in [0.1, 0.15) is 5.02 Å². The highest BCUT2D eigenvalue weighted by Gasteiger charge is 2.17. The smallest absolute Gasteiger partial charge is 0.262 e. The van der Waals surface area contributed by atoms with E-state index in [0.717, 1.165) is 4.21 Å². The number of rotatable bonds is 1. The summed E-state index contributed by atoms with van der Waals surface area (Å²) in [5.74, 6) is 0. The number of halogens is 1. The minimum Gasteiger partial charge on any atom is -0.275 e. The molecule has 0 N–H and O–H groups in total. The molecule has 68 valence electrons. The van der Waals surface area contributed by atoms with E-state index >= 15 is 0 Å². The zero-order valence-electron chi connectivity index (χ0n) is 7.01. The maximum Gasteiger partial charge on any atom is 0.262 e. The van der Waals surface area contributed by atoms with Gasteiger partial charge in [0.2, 0.25) is 0 Å². The Morgan fingerprint density at radius 1 is 1.33 bits per heavy atom. The first-order chi connectivity index (χ1) is 5.40. The zero-order chi connectivity index (χ0) is 9.35. The average Bonchev–Trinajstić information content (AvgIpc) is 2.16. The lowest BCUT2D eigenvalue weighted by atomic mass is 10.3. The van der Waals surface area contributed by atoms with Crippen LogP contribution in [-0.4, -0.2) is 4.75 Å². The third-order valence-electron chi connectivity index (χ3n) is 0.950. The van der Waals surface area contributed by atoms with E-state index in [2.05, 4.69) is 20.8 Å². The van der Waals surface area contributed by atoms with Crippen molar-refractivity contribution in [1.82, 2.24) is 0 Å². The Morgan fingerprint density at radius 2 is 1.92 bits per heavy atom. The van der Waals surface area contributed by atoms with Crippen molar-refractivity contribution in [2.45, 2.75) is 29.7 Å². The van der Waals surface area contributed by atoms with Crippen LogP contribution in [0.5, 0.6) is 0 Å². The van der Waals surface area contributed by atoms with Gasteiger partial charge in [-0.1, -0.05) is 42.7 Å². The summed E-state index contributed by atoms with van der Waals surface area (Å²) in [5.41, 5.74) is 0. The van der Waals surface area contributed by atoms with Gasteiger partial charge in [-0.3, -0.25) is 4.79 Å². The summed E-state index contributed by atoms with van der Waals surface area (Å²) >= 11 is 7.45. The van der Waals surface area contributed by atoms with Gasteiger partial charge in [-0.05, 0) is 10.3 Å². The minimum atomic E-state index is -0.0200. The fraction of sp³-hybridized carbons (Fsp3) is 0.571. The van der Waals surface area contributed by atoms with Crippen LogP contribution in [-0.2, 0) is 0 Å². The lowest BCUT2D eigenvalue weighted by Gasteiger charge is -2.15. The van der Waals surface area contributed by atoms with Crippen molar-refractivity contribution in [1.29, 1.82) is 0 Å². The molecule has 0 saturated heterocycles. The van der Waals surface area contributed by atoms with Crippen LogP contribution >= 0.6 is 44.0 Å². The van der Waals surface area contributed by atoms with Crippen molar-refractivity contribution in [2.24, 2.45) is 0 Å². The Bertz CT molecular complexity index is 320. The molecule has 0 radical (unpaired) electrons. The van der Waals surface area contributed by atoms with Crippen molar-refractivity contribution >= 4 is 44.0 Å². The Balaban J connectivity index is 2.91. The van der Waals surface area contributed by atoms with Gasteiger partial charge in [-0.2, -0.15) is 0 Å². The van der Waals surface area contributed by atoms with E-state index < -0.39 is 0 Å². The van der Waals surface area contributed by atoms with Crippen LogP contribution in [0.4, 0.5) is 0 Å². The summed E-state index contributed by atoms with van der Waals surface area (Å²) in [5, 5.41) is 0.393. The van der Waals surface area contributed by atoms with Gasteiger partial charge in [-0.25, -0.2) is 0 Å². The van der Waals surface area contributed by atoms with Gasteiger partial charge in [0.15, 0.2) is 0 Å². The topological polar surface area (TPSA) is 17.1 Å². The first-order valence-corrected chi connectivity index (χ1v) is 6.72. The van der Waals surface area contributed by atoms with E-state index in [-0.39, 0.29) is 9.49 Å². The molecule has 0 atom stereocenters. The fourth-order valence-electron chi connectivity index (χ4n) is 0.572. The molecule has 1 aromatic rings. The average molecular weight is 241 g/mol. The minimum absolute atomic E-state index is 0.0200. The van der Waals surface area contributed by atoms with E-state index in [1.807, 2.05) is 0 Å². The first-order valence-electron chi connectivity index (χ1n) is 3.38. The normalized spacial score (nSPS) is 12.0. The van der Waals surface area contributed by atoms with Gasteiger partial charge in [-0.15, -0.1) is 11.8 Å². The monoisotopic (exact) mass is 240 g/mol. The van der Waals surface area contributed by atoms with Crippen LogP contribution in [0.15, 0.2) is 9.00 Å². The van der Waals surface area contributed by atoms with Crippen molar-refractivity contribution in [2.75, 3.05) is 0 Å². The van der Waals surface area contributed by atoms with Crippen molar-refractivity contribution in [3.8, 4) is 0 Å². The third kappa shape index (κ3) is 2.76. The molecule has 12 heavy (non-hydrogen) atoms. The highest BCUT2D eigenvalue weighted by Crippen LogP contribution is 2.39. The van der Waals surface area contributed by atoms with Crippen LogP contribution in [0.2, 0.25) is 5.02 Å². The molecule has 0 aliphatic carbocycles. The van der Waals surface area contributed by atoms with Gasteiger partial charge >= 0.3 is 0 Å². The highest BCUT2D eigenvalue weighted by atomic mass is 35.5. The van der Waals surface area contributed by atoms with Crippen LogP contribution in [0.25, 0.3) is 0 Å². The van der Waals surface area contributed by atoms with E-state index in [4.69, 9.17) is 11.6 Å². The summed E-state index contributed by atoms with van der Waals surface area (Å²) in [6.45, 7) is 6.30. The second-order valence-electron chi connectivity index (χ2n) is 3.27. The molecule has 0 spiro atoms. The first kappa shape index (κ1) is 10.6. The number of hydrogen-bond acceptors (Lipinski definition) is 4. The predicted octanol–water partition coefficient (Wildman–Crippen LogP) is 3.71. The van der Waals surface area contributed by atoms with Gasteiger partial charge < -0.3 is 0 Å². The van der Waals surface area contributed by atoms with Crippen molar-refractivity contribution < 1.29 is 0 Å². The van der Waals surface area contributed by atoms with E-state index in [1.54, 1.807) is 11.8 Å². The van der Waals surface area contributed by atoms with Crippen LogP contribution < -0.4 is 4.74 Å². The molecule has 0 saturated carbocycles. The van der Waals surface area contributed by atoms with E-state index in [0.29, 0.717) is 5.02 Å². The molecule has 0 aliphatic heterocycles. The molecule has 1 heterocycles. The molecular weight excluding hydrogens is 232 g/mol. The molecule has 0 fully saturated rings. The fourth-order valence-corrected chi connectivity index (χ4v) is 5.01. The van der Waals surface area contributed by atoms with Crippen molar-refractivity contribution in [3.05, 3.63) is 14.6 Å². The lowest BCUT2D eigenvalue weighted by Crippen LogP contribution is -2.06. The largest absolute Gasteiger partial charge is 0.275 e. The van der Waals surface area contributed by atoms with Crippen LogP contribution in [0.3, 0.4) is 0 Å². The van der Waals surface area contributed by atoms with E-state index in [1.165, 1.54) is 20.7 Å². The second kappa shape index (κ2) is 3.70. The molecule has 1 nitrogen and oxygen atoms in total. The molecule has 0 amide bonds. The van der Waals surface area contributed by atoms with Crippen LogP contribution in [0, 0.1) is 0 Å². The summed E-state index contributed by atoms with van der Waals surface area (Å²) in [6, 6.07) is 0. The van der Waals surface area contributed by atoms with Gasteiger partial charge in [0.05, 0.1) is 4.21 Å². The molecule has 1 rings (SSSR count). The van der Waals surface area contributed by atoms with Gasteiger partial charge in [0.25, 0.3) is 4.74 Å². The Labute approximate surface area is 88.2 Å². The molecule has 1 aromatic heterocycles. The molecule has 0 unspecified atom stereocenters. The molecular formula is C7H9ClOS3. The highest BCUT2D eigenvalue weighted by molar-refractivity contribution is 8.04. The molecule has 0 aromatic carbocycles. The van der Waals surface area contributed by atoms with Crippen molar-refractivity contribution in [3.63, 3.8) is 0 Å². The predicted molar refractivity (Wildman–Crippen MR) is 59.1 cm³/mol. The Kier molecular flexibility index (Phi) is 3.26. The van der Waals surface area contributed by atoms with E-state index in [9.17, 15) is 4.79 Å². The number of thioether (sulfide) groups is 1. The SMILES string of the molecule is CC(C)(C)Sc1ssc(=O)c1Cl. The molecule has 0 bridgehead atoms. The van der Waals surface area contributed by atoms with Gasteiger partial charge in [0, 0.05) is 4.75 Å². The third-order valence-corrected chi connectivity index (χ3v) is 5.46. The zero-order valence-corrected chi connectivity index (χ0v) is 10.2. The maximum atomic E-state index is 11.0. The molecule has 0 aliphatic rings. The Morgan fingerprint density at radius 3 is 2.25 bits per heavy atom. The summed E-state index contributed by atoms with van der Waals surface area (Å²) in [4.78, 5) is 11.0. The number of hydrogen-bond donors (Lipinski definition) is 0. The van der Waals surface area contributed by atoms with Crippen LogP contribution in [0.1, 0.15) is 20.8 Å². The lowest BCUT2D eigenvalue weighted by molar-refractivity contribution is 0.804. The quantitative estimate of drug-likeness (QED) is 0.550. The molecule has 5 heteroatoms. The standard InChI is InChI=1S/C7H9ClOS3/c1-7(2,3)10-6-4(8)5(9)11-12-6/h1-3H3. The second-order valence-corrected chi connectivity index (χ2v) is 7.86. The summed E-state index contributed by atoms with van der Waals surface area (Å²) < 4.78 is 1.04. The summed E-state index contributed by atoms with van der Waals surface area (Å²) in [6.07, 6.45) is 0. The maximum absolute atomic E-state index is 11.0.